The Hall–Kier alpha value is 1.38. The Morgan fingerprint density at radius 1 is 0.765 bits per heavy atom. The molecule has 0 bridgehead atoms. The van der Waals surface area contributed by atoms with E-state index < -0.39 is 0 Å². The third kappa shape index (κ3) is 12.2. The molecule has 0 aromatic rings. The van der Waals surface area contributed by atoms with E-state index in [0.29, 0.717) is 15.7 Å². The van der Waals surface area contributed by atoms with Crippen LogP contribution in [-0.2, 0) is 18.2 Å². The van der Waals surface area contributed by atoms with Gasteiger partial charge < -0.3 is 7.43 Å². The second-order valence-corrected chi connectivity index (χ2v) is 12.0. The van der Waals surface area contributed by atoms with Gasteiger partial charge in [-0.05, 0) is 47.0 Å². The Bertz CT molecular complexity index is 170. The molecule has 3 heteroatoms. The molecular formula is C14H33ClPPd+. The second kappa shape index (κ2) is 8.53. The van der Waals surface area contributed by atoms with Crippen LogP contribution < -0.4 is 0 Å². The van der Waals surface area contributed by atoms with Crippen molar-refractivity contribution in [3.63, 3.8) is 0 Å². The Morgan fingerprint density at radius 3 is 1.06 bits per heavy atom. The van der Waals surface area contributed by atoms with Crippen LogP contribution >= 0.6 is 17.5 Å². The number of hydrogen-bond donors (Lipinski definition) is 0. The van der Waals surface area contributed by atoms with Gasteiger partial charge in [-0.2, -0.15) is 0 Å². The molecular weight excluding hydrogens is 341 g/mol. The summed E-state index contributed by atoms with van der Waals surface area (Å²) in [5.41, 5.74) is 0.481. The molecule has 0 amide bonds. The third-order valence-electron chi connectivity index (χ3n) is 2.52. The maximum atomic E-state index is 4.49. The van der Waals surface area contributed by atoms with Gasteiger partial charge in [0.15, 0.2) is 0 Å². The molecule has 0 rings (SSSR count). The van der Waals surface area contributed by atoms with E-state index >= 15 is 0 Å². The molecule has 0 spiro atoms. The summed E-state index contributed by atoms with van der Waals surface area (Å²) in [5, 5.41) is 1.02. The van der Waals surface area contributed by atoms with Crippen molar-refractivity contribution in [2.75, 3.05) is 6.16 Å². The van der Waals surface area contributed by atoms with Crippen LogP contribution in [0.3, 0.4) is 0 Å². The monoisotopic (exact) mass is 373 g/mol. The molecule has 0 nitrogen and oxygen atoms in total. The Kier molecular flexibility index (Phi) is 11.8. The van der Waals surface area contributed by atoms with Gasteiger partial charge >= 0.3 is 27.7 Å². The van der Waals surface area contributed by atoms with E-state index in [4.69, 9.17) is 0 Å². The molecule has 0 heterocycles. The molecule has 0 N–H and O–H groups in total. The van der Waals surface area contributed by atoms with E-state index in [1.54, 1.807) is 0 Å². The van der Waals surface area contributed by atoms with Crippen LogP contribution in [0.25, 0.3) is 0 Å². The van der Waals surface area contributed by atoms with Gasteiger partial charge in [0.05, 0.1) is 16.5 Å². The SMILES string of the molecule is CC(C)(C)C[PH+](C(C)(C)C)C(C)(C)C.[CH3-].[Cl][Pd+]. The van der Waals surface area contributed by atoms with Crippen molar-refractivity contribution in [1.29, 1.82) is 0 Å². The Labute approximate surface area is 127 Å². The van der Waals surface area contributed by atoms with Crippen LogP contribution in [0.15, 0.2) is 0 Å². The van der Waals surface area contributed by atoms with Gasteiger partial charge in [-0.3, -0.25) is 0 Å². The summed E-state index contributed by atoms with van der Waals surface area (Å²) in [4.78, 5) is 0. The third-order valence-corrected chi connectivity index (χ3v) is 7.55. The van der Waals surface area contributed by atoms with Crippen LogP contribution in [-0.4, -0.2) is 16.5 Å². The van der Waals surface area contributed by atoms with Crippen molar-refractivity contribution in [1.82, 2.24) is 0 Å². The van der Waals surface area contributed by atoms with Gasteiger partial charge in [0, 0.05) is 7.92 Å². The molecule has 0 saturated carbocycles. The molecule has 0 saturated heterocycles. The second-order valence-electron chi connectivity index (χ2n) is 7.72. The minimum absolute atomic E-state index is 0. The van der Waals surface area contributed by atoms with Gasteiger partial charge in [-0.1, -0.05) is 20.8 Å². The molecule has 0 aliphatic heterocycles. The average molecular weight is 374 g/mol. The zero-order valence-corrected chi connectivity index (χ0v) is 16.7. The van der Waals surface area contributed by atoms with E-state index in [9.17, 15) is 0 Å². The summed E-state index contributed by atoms with van der Waals surface area (Å²) in [7, 11) is 4.16. The fourth-order valence-electron chi connectivity index (χ4n) is 2.19. The first-order valence-corrected chi connectivity index (χ1v) is 9.54. The van der Waals surface area contributed by atoms with E-state index in [1.165, 1.54) is 6.16 Å². The van der Waals surface area contributed by atoms with Crippen molar-refractivity contribution in [2.45, 2.75) is 72.6 Å². The molecule has 0 aliphatic rings. The summed E-state index contributed by atoms with van der Waals surface area (Å²) in [6.07, 6.45) is 1.41. The first-order chi connectivity index (χ1) is 6.84. The first kappa shape index (κ1) is 23.5. The van der Waals surface area contributed by atoms with Gasteiger partial charge in [-0.15, -0.1) is 0 Å². The van der Waals surface area contributed by atoms with E-state index in [-0.39, 0.29) is 15.3 Å². The summed E-state index contributed by atoms with van der Waals surface area (Å²) in [5.74, 6) is 0. The zero-order chi connectivity index (χ0) is 13.8. The van der Waals surface area contributed by atoms with Crippen molar-refractivity contribution < 1.29 is 18.2 Å². The minimum atomic E-state index is -0.333. The fourth-order valence-corrected chi connectivity index (χ4v) is 6.56. The van der Waals surface area contributed by atoms with Crippen LogP contribution in [0.5, 0.6) is 0 Å². The van der Waals surface area contributed by atoms with Gasteiger partial charge in [0.25, 0.3) is 0 Å². The molecule has 110 valence electrons. The number of rotatable bonds is 1. The van der Waals surface area contributed by atoms with Crippen LogP contribution in [0.2, 0.25) is 0 Å². The predicted molar refractivity (Wildman–Crippen MR) is 84.4 cm³/mol. The quantitative estimate of drug-likeness (QED) is 0.301. The van der Waals surface area contributed by atoms with Crippen molar-refractivity contribution in [2.24, 2.45) is 5.41 Å². The molecule has 0 aromatic heterocycles. The number of hydrogen-bond acceptors (Lipinski definition) is 0. The number of halogens is 1. The normalized spacial score (nSPS) is 12.8. The van der Waals surface area contributed by atoms with Crippen molar-refractivity contribution in [3.8, 4) is 0 Å². The zero-order valence-electron chi connectivity index (χ0n) is 13.4. The molecule has 0 aliphatic carbocycles. The predicted octanol–water partition coefficient (Wildman–Crippen LogP) is 5.98. The molecule has 0 fully saturated rings. The molecule has 0 radical (unpaired) electrons. The van der Waals surface area contributed by atoms with Gasteiger partial charge in [0.2, 0.25) is 0 Å². The molecule has 0 unspecified atom stereocenters. The maximum absolute atomic E-state index is 4.49. The van der Waals surface area contributed by atoms with Crippen LogP contribution in [0, 0.1) is 12.8 Å². The van der Waals surface area contributed by atoms with Crippen molar-refractivity contribution >= 4 is 17.5 Å². The molecule has 0 aromatic carbocycles. The van der Waals surface area contributed by atoms with Crippen LogP contribution in [0.1, 0.15) is 62.3 Å². The molecule has 0 atom stereocenters. The summed E-state index contributed by atoms with van der Waals surface area (Å²) in [6.45, 7) is 21.6. The fraction of sp³-hybridized carbons (Fsp3) is 0.929. The van der Waals surface area contributed by atoms with Gasteiger partial charge in [0.1, 0.15) is 0 Å². The van der Waals surface area contributed by atoms with E-state index in [1.807, 2.05) is 0 Å². The average Bonchev–Trinajstić information content (AvgIpc) is 1.99. The standard InChI is InChI=1S/C13H29P.CH3.ClH.Pd/c1-11(2,3)10-14(12(4,5)6)13(7,8)9;;;/h10H2,1-9H3;1H3;1H;/q;-1;;+2. The summed E-state index contributed by atoms with van der Waals surface area (Å²) >= 11 is 2.22. The summed E-state index contributed by atoms with van der Waals surface area (Å²) < 4.78 is 0. The van der Waals surface area contributed by atoms with Gasteiger partial charge in [-0.25, -0.2) is 0 Å². The first-order valence-electron chi connectivity index (χ1n) is 5.83. The topological polar surface area (TPSA) is 0 Å². The Morgan fingerprint density at radius 2 is 1.00 bits per heavy atom. The van der Waals surface area contributed by atoms with E-state index in [2.05, 4.69) is 90.0 Å². The summed E-state index contributed by atoms with van der Waals surface area (Å²) in [6, 6.07) is 0. The molecule has 17 heavy (non-hydrogen) atoms. The Balaban J connectivity index is -0.000000616. The van der Waals surface area contributed by atoms with E-state index in [0.717, 1.165) is 0 Å². The van der Waals surface area contributed by atoms with Crippen LogP contribution in [0.4, 0.5) is 0 Å². The van der Waals surface area contributed by atoms with Crippen molar-refractivity contribution in [3.05, 3.63) is 7.43 Å².